The van der Waals surface area contributed by atoms with Crippen molar-refractivity contribution in [2.24, 2.45) is 11.8 Å². The zero-order chi connectivity index (χ0) is 20.4. The van der Waals surface area contributed by atoms with E-state index >= 15 is 0 Å². The van der Waals surface area contributed by atoms with Crippen molar-refractivity contribution in [1.82, 2.24) is 0 Å². The average Bonchev–Trinajstić information content (AvgIpc) is 3.34. The number of nitrogens with one attached hydrogen (secondary N) is 2. The van der Waals surface area contributed by atoms with E-state index in [9.17, 15) is 9.59 Å². The SMILES string of the molecule is C=C1C(C(=O)Nc2ccc(N(C)C)cc2)[C@H]1C(=O)Nc1ccc(N(C)C)cc1. The van der Waals surface area contributed by atoms with E-state index in [-0.39, 0.29) is 11.8 Å². The van der Waals surface area contributed by atoms with Crippen LogP contribution in [-0.4, -0.2) is 40.0 Å². The largest absolute Gasteiger partial charge is 0.378 e. The highest BCUT2D eigenvalue weighted by molar-refractivity contribution is 6.08. The van der Waals surface area contributed by atoms with Gasteiger partial charge >= 0.3 is 0 Å². The zero-order valence-electron chi connectivity index (χ0n) is 16.7. The van der Waals surface area contributed by atoms with Gasteiger partial charge in [-0.1, -0.05) is 12.2 Å². The lowest BCUT2D eigenvalue weighted by Gasteiger charge is -2.13. The van der Waals surface area contributed by atoms with Crippen LogP contribution in [0.2, 0.25) is 0 Å². The predicted molar refractivity (Wildman–Crippen MR) is 115 cm³/mol. The Balaban J connectivity index is 1.58. The molecule has 0 spiro atoms. The number of benzene rings is 2. The highest BCUT2D eigenvalue weighted by atomic mass is 16.2. The quantitative estimate of drug-likeness (QED) is 0.758. The average molecular weight is 378 g/mol. The number of nitrogens with zero attached hydrogens (tertiary/aromatic N) is 2. The van der Waals surface area contributed by atoms with E-state index in [1.807, 2.05) is 86.5 Å². The molecule has 0 aliphatic heterocycles. The summed E-state index contributed by atoms with van der Waals surface area (Å²) >= 11 is 0. The highest BCUT2D eigenvalue weighted by Gasteiger charge is 2.52. The molecule has 2 aromatic carbocycles. The monoisotopic (exact) mass is 378 g/mol. The molecular formula is C22H26N4O2. The smallest absolute Gasteiger partial charge is 0.232 e. The molecule has 1 saturated carbocycles. The van der Waals surface area contributed by atoms with Crippen molar-refractivity contribution in [3.63, 3.8) is 0 Å². The first kappa shape index (κ1) is 19.5. The Labute approximate surface area is 165 Å². The summed E-state index contributed by atoms with van der Waals surface area (Å²) in [5.41, 5.74) is 4.14. The summed E-state index contributed by atoms with van der Waals surface area (Å²) in [6.45, 7) is 3.89. The third-order valence-electron chi connectivity index (χ3n) is 4.89. The fraction of sp³-hybridized carbons (Fsp3) is 0.273. The molecule has 1 unspecified atom stereocenters. The van der Waals surface area contributed by atoms with Gasteiger partial charge in [0.15, 0.2) is 0 Å². The number of rotatable bonds is 6. The lowest BCUT2D eigenvalue weighted by Crippen LogP contribution is -2.20. The minimum absolute atomic E-state index is 0.203. The molecule has 146 valence electrons. The first-order chi connectivity index (χ1) is 13.3. The van der Waals surface area contributed by atoms with Crippen LogP contribution < -0.4 is 20.4 Å². The molecular weight excluding hydrogens is 352 g/mol. The van der Waals surface area contributed by atoms with E-state index in [0.29, 0.717) is 16.9 Å². The topological polar surface area (TPSA) is 64.7 Å². The van der Waals surface area contributed by atoms with Crippen LogP contribution in [0, 0.1) is 11.8 Å². The van der Waals surface area contributed by atoms with E-state index < -0.39 is 11.8 Å². The maximum Gasteiger partial charge on any atom is 0.232 e. The van der Waals surface area contributed by atoms with Gasteiger partial charge in [-0.25, -0.2) is 0 Å². The standard InChI is InChI=1S/C22H26N4O2/c1-14-19(21(27)23-15-6-10-17(11-7-15)25(2)3)20(14)22(28)24-16-8-12-18(13-9-16)26(4)5/h6-13,19-20H,1H2,2-5H3,(H,23,27)(H,24,28)/t19-,20?/m0/s1. The van der Waals surface area contributed by atoms with Gasteiger partial charge in [0.25, 0.3) is 0 Å². The van der Waals surface area contributed by atoms with Crippen molar-refractivity contribution in [3.05, 3.63) is 60.7 Å². The maximum atomic E-state index is 12.5. The molecule has 2 atom stereocenters. The molecule has 2 amide bonds. The lowest BCUT2D eigenvalue weighted by molar-refractivity contribution is -0.122. The third-order valence-corrected chi connectivity index (χ3v) is 4.89. The molecule has 1 fully saturated rings. The summed E-state index contributed by atoms with van der Waals surface area (Å²) in [4.78, 5) is 29.0. The number of hydrogen-bond donors (Lipinski definition) is 2. The summed E-state index contributed by atoms with van der Waals surface area (Å²) in [7, 11) is 7.83. The summed E-state index contributed by atoms with van der Waals surface area (Å²) in [5.74, 6) is -1.39. The Morgan fingerprint density at radius 3 is 1.32 bits per heavy atom. The second-order valence-corrected chi connectivity index (χ2v) is 7.39. The van der Waals surface area contributed by atoms with Gasteiger partial charge in [-0.2, -0.15) is 0 Å². The summed E-state index contributed by atoms with van der Waals surface area (Å²) < 4.78 is 0. The van der Waals surface area contributed by atoms with Crippen LogP contribution in [0.5, 0.6) is 0 Å². The van der Waals surface area contributed by atoms with Gasteiger partial charge in [-0.15, -0.1) is 0 Å². The second-order valence-electron chi connectivity index (χ2n) is 7.39. The van der Waals surface area contributed by atoms with Gasteiger partial charge < -0.3 is 20.4 Å². The van der Waals surface area contributed by atoms with E-state index in [1.54, 1.807) is 0 Å². The third kappa shape index (κ3) is 4.17. The second kappa shape index (κ2) is 7.76. The zero-order valence-corrected chi connectivity index (χ0v) is 16.7. The number of hydrogen-bond acceptors (Lipinski definition) is 4. The molecule has 0 aromatic heterocycles. The van der Waals surface area contributed by atoms with Gasteiger partial charge in [0.2, 0.25) is 11.8 Å². The molecule has 0 saturated heterocycles. The Morgan fingerprint density at radius 1 is 0.714 bits per heavy atom. The first-order valence-corrected chi connectivity index (χ1v) is 9.13. The van der Waals surface area contributed by atoms with Crippen molar-refractivity contribution >= 4 is 34.6 Å². The van der Waals surface area contributed by atoms with Crippen LogP contribution in [0.25, 0.3) is 0 Å². The molecule has 2 aromatic rings. The van der Waals surface area contributed by atoms with Crippen molar-refractivity contribution in [3.8, 4) is 0 Å². The van der Waals surface area contributed by atoms with Crippen LogP contribution in [0.4, 0.5) is 22.7 Å². The van der Waals surface area contributed by atoms with Crippen molar-refractivity contribution in [1.29, 1.82) is 0 Å². The van der Waals surface area contributed by atoms with Crippen LogP contribution in [-0.2, 0) is 9.59 Å². The molecule has 1 aliphatic rings. The van der Waals surface area contributed by atoms with Crippen LogP contribution in [0.3, 0.4) is 0 Å². The molecule has 0 bridgehead atoms. The van der Waals surface area contributed by atoms with Crippen LogP contribution in [0.1, 0.15) is 0 Å². The molecule has 6 heteroatoms. The molecule has 28 heavy (non-hydrogen) atoms. The number of carbonyl (C=O) groups is 2. The van der Waals surface area contributed by atoms with Gasteiger partial charge in [-0.3, -0.25) is 9.59 Å². The molecule has 0 radical (unpaired) electrons. The number of carbonyl (C=O) groups excluding carboxylic acids is 2. The normalized spacial score (nSPS) is 17.6. The van der Waals surface area contributed by atoms with E-state index in [0.717, 1.165) is 11.4 Å². The predicted octanol–water partition coefficient (Wildman–Crippen LogP) is 3.20. The molecule has 2 N–H and O–H groups in total. The van der Waals surface area contributed by atoms with E-state index in [1.165, 1.54) is 0 Å². The van der Waals surface area contributed by atoms with Gasteiger partial charge in [0, 0.05) is 50.9 Å². The molecule has 1 aliphatic carbocycles. The van der Waals surface area contributed by atoms with Crippen molar-refractivity contribution in [2.75, 3.05) is 48.6 Å². The summed E-state index contributed by atoms with van der Waals surface area (Å²) in [5, 5.41) is 5.73. The summed E-state index contributed by atoms with van der Waals surface area (Å²) in [6.07, 6.45) is 0. The molecule has 3 rings (SSSR count). The number of amides is 2. The van der Waals surface area contributed by atoms with Gasteiger partial charge in [-0.05, 0) is 48.5 Å². The van der Waals surface area contributed by atoms with Crippen LogP contribution in [0.15, 0.2) is 60.7 Å². The minimum atomic E-state index is -0.491. The Morgan fingerprint density at radius 2 is 1.04 bits per heavy atom. The Bertz CT molecular complexity index is 812. The van der Waals surface area contributed by atoms with Gasteiger partial charge in [0.05, 0.1) is 11.8 Å². The Kier molecular flexibility index (Phi) is 5.40. The minimum Gasteiger partial charge on any atom is -0.378 e. The van der Waals surface area contributed by atoms with E-state index in [4.69, 9.17) is 0 Å². The highest BCUT2D eigenvalue weighted by Crippen LogP contribution is 2.45. The van der Waals surface area contributed by atoms with Crippen molar-refractivity contribution < 1.29 is 9.59 Å². The van der Waals surface area contributed by atoms with Crippen LogP contribution >= 0.6 is 0 Å². The fourth-order valence-electron chi connectivity index (χ4n) is 3.08. The van der Waals surface area contributed by atoms with E-state index in [2.05, 4.69) is 17.2 Å². The maximum absolute atomic E-state index is 12.5. The Hall–Kier alpha value is -3.28. The van der Waals surface area contributed by atoms with Crippen molar-refractivity contribution in [2.45, 2.75) is 0 Å². The molecule has 0 heterocycles. The van der Waals surface area contributed by atoms with Gasteiger partial charge in [0.1, 0.15) is 0 Å². The summed E-state index contributed by atoms with van der Waals surface area (Å²) in [6, 6.07) is 15.1. The fourth-order valence-corrected chi connectivity index (χ4v) is 3.08. The lowest BCUT2D eigenvalue weighted by atomic mass is 10.2. The first-order valence-electron chi connectivity index (χ1n) is 9.13. The molecule has 6 nitrogen and oxygen atoms in total. The number of anilines is 4.